The number of aromatic nitrogens is 1. The average Bonchev–Trinajstić information content (AvgIpc) is 3.46. The van der Waals surface area contributed by atoms with Gasteiger partial charge in [-0.15, -0.1) is 0 Å². The lowest BCUT2D eigenvalue weighted by Gasteiger charge is -2.09. The van der Waals surface area contributed by atoms with E-state index in [4.69, 9.17) is 25.8 Å². The largest absolute Gasteiger partial charge is 0.468 e. The first-order valence-electron chi connectivity index (χ1n) is 10.7. The number of sulfonamides is 1. The number of fused-ring (bicyclic) bond motifs is 2. The van der Waals surface area contributed by atoms with Gasteiger partial charge in [0.1, 0.15) is 6.54 Å². The van der Waals surface area contributed by atoms with E-state index in [0.717, 1.165) is 4.70 Å². The summed E-state index contributed by atoms with van der Waals surface area (Å²) in [6, 6.07) is 15.1. The van der Waals surface area contributed by atoms with Gasteiger partial charge in [0.25, 0.3) is 15.9 Å². The molecule has 190 valence electrons. The Balaban J connectivity index is 1.49. The maximum atomic E-state index is 13.1. The minimum Gasteiger partial charge on any atom is -0.468 e. The molecule has 4 aromatic rings. The number of ether oxygens (including phenoxy) is 3. The number of esters is 1. The number of hydrogen-bond acceptors (Lipinski definition) is 8. The van der Waals surface area contributed by atoms with Gasteiger partial charge in [-0.25, -0.2) is 8.42 Å². The van der Waals surface area contributed by atoms with Gasteiger partial charge in [0.15, 0.2) is 16.3 Å². The number of methoxy groups -OCH3 is 1. The molecule has 0 saturated heterocycles. The Labute approximate surface area is 219 Å². The lowest BCUT2D eigenvalue weighted by molar-refractivity contribution is -0.141. The Morgan fingerprint density at radius 2 is 1.84 bits per heavy atom. The van der Waals surface area contributed by atoms with Gasteiger partial charge >= 0.3 is 5.97 Å². The van der Waals surface area contributed by atoms with Gasteiger partial charge in [0, 0.05) is 28.4 Å². The molecule has 1 amide bonds. The Hall–Kier alpha value is -3.87. The van der Waals surface area contributed by atoms with E-state index < -0.39 is 21.9 Å². The molecule has 2 heterocycles. The molecular weight excluding hydrogens is 542 g/mol. The van der Waals surface area contributed by atoms with Crippen molar-refractivity contribution in [1.29, 1.82) is 0 Å². The summed E-state index contributed by atoms with van der Waals surface area (Å²) in [7, 11) is -2.64. The standard InChI is InChI=1S/C24H18ClN3O7S2/c1-33-22(29)12-28-18-10-19-20(35-13-34-19)11-21(18)36-24(28)26-23(30)14-3-2-4-16(9-14)27-37(31,32)17-7-5-15(25)6-8-17/h2-11,27H,12-13H2,1H3. The molecule has 0 unspecified atom stereocenters. The summed E-state index contributed by atoms with van der Waals surface area (Å²) in [6.45, 7) is -0.0827. The van der Waals surface area contributed by atoms with Gasteiger partial charge in [-0.3, -0.25) is 14.3 Å². The van der Waals surface area contributed by atoms with E-state index in [1.54, 1.807) is 16.7 Å². The zero-order chi connectivity index (χ0) is 26.2. The average molecular weight is 560 g/mol. The van der Waals surface area contributed by atoms with Gasteiger partial charge in [0.05, 0.1) is 22.2 Å². The number of carbonyl (C=O) groups is 2. The molecule has 5 rings (SSSR count). The van der Waals surface area contributed by atoms with Crippen molar-refractivity contribution in [1.82, 2.24) is 4.57 Å². The van der Waals surface area contributed by atoms with E-state index in [1.165, 1.54) is 67.0 Å². The van der Waals surface area contributed by atoms with Gasteiger partial charge in [-0.1, -0.05) is 29.0 Å². The first-order valence-corrected chi connectivity index (χ1v) is 13.4. The topological polar surface area (TPSA) is 125 Å². The van der Waals surface area contributed by atoms with Crippen LogP contribution in [0.4, 0.5) is 5.69 Å². The summed E-state index contributed by atoms with van der Waals surface area (Å²) in [5, 5.41) is 0.406. The molecule has 0 spiro atoms. The van der Waals surface area contributed by atoms with Crippen LogP contribution in [0.2, 0.25) is 5.02 Å². The fraction of sp³-hybridized carbons (Fsp3) is 0.125. The van der Waals surface area contributed by atoms with E-state index in [-0.39, 0.29) is 34.3 Å². The number of nitrogens with one attached hydrogen (secondary N) is 1. The van der Waals surface area contributed by atoms with E-state index in [2.05, 4.69) is 9.71 Å². The highest BCUT2D eigenvalue weighted by molar-refractivity contribution is 7.92. The fourth-order valence-electron chi connectivity index (χ4n) is 3.59. The van der Waals surface area contributed by atoms with Crippen molar-refractivity contribution in [3.63, 3.8) is 0 Å². The number of benzene rings is 3. The van der Waals surface area contributed by atoms with Crippen LogP contribution in [-0.2, 0) is 26.1 Å². The van der Waals surface area contributed by atoms with Crippen molar-refractivity contribution < 1.29 is 32.2 Å². The van der Waals surface area contributed by atoms with Crippen LogP contribution in [-0.4, -0.2) is 38.8 Å². The molecular formula is C24H18ClN3O7S2. The number of anilines is 1. The van der Waals surface area contributed by atoms with Crippen molar-refractivity contribution in [2.75, 3.05) is 18.6 Å². The minimum atomic E-state index is -3.90. The summed E-state index contributed by atoms with van der Waals surface area (Å²) in [4.78, 5) is 29.7. The Morgan fingerprint density at radius 3 is 2.57 bits per heavy atom. The van der Waals surface area contributed by atoms with Crippen LogP contribution >= 0.6 is 22.9 Å². The molecule has 3 aromatic carbocycles. The second-order valence-electron chi connectivity index (χ2n) is 7.78. The number of halogens is 1. The molecule has 0 atom stereocenters. The lowest BCUT2D eigenvalue weighted by atomic mass is 10.2. The zero-order valence-corrected chi connectivity index (χ0v) is 21.5. The highest BCUT2D eigenvalue weighted by atomic mass is 35.5. The number of nitrogens with zero attached hydrogens (tertiary/aromatic N) is 2. The van der Waals surface area contributed by atoms with Crippen molar-refractivity contribution in [3.8, 4) is 11.5 Å². The SMILES string of the molecule is COC(=O)Cn1c(=NC(=O)c2cccc(NS(=O)(=O)c3ccc(Cl)cc3)c2)sc2cc3c(cc21)OCO3. The molecule has 1 aliphatic rings. The summed E-state index contributed by atoms with van der Waals surface area (Å²) in [5.74, 6) is -0.0809. The Bertz CT molecular complexity index is 1710. The van der Waals surface area contributed by atoms with Crippen LogP contribution in [0, 0.1) is 0 Å². The van der Waals surface area contributed by atoms with E-state index >= 15 is 0 Å². The van der Waals surface area contributed by atoms with Crippen LogP contribution in [0.25, 0.3) is 10.2 Å². The van der Waals surface area contributed by atoms with Crippen molar-refractivity contribution in [3.05, 3.63) is 76.1 Å². The van der Waals surface area contributed by atoms with Crippen LogP contribution in [0.1, 0.15) is 10.4 Å². The molecule has 13 heteroatoms. The summed E-state index contributed by atoms with van der Waals surface area (Å²) in [6.07, 6.45) is 0. The van der Waals surface area contributed by atoms with Crippen LogP contribution < -0.4 is 19.0 Å². The first kappa shape index (κ1) is 24.8. The normalized spacial score (nSPS) is 13.1. The van der Waals surface area contributed by atoms with Crippen LogP contribution in [0.3, 0.4) is 0 Å². The molecule has 1 N–H and O–H groups in total. The first-order chi connectivity index (χ1) is 17.7. The lowest BCUT2D eigenvalue weighted by Crippen LogP contribution is -2.22. The third-order valence-corrected chi connectivity index (χ3v) is 8.07. The van der Waals surface area contributed by atoms with E-state index in [0.29, 0.717) is 22.0 Å². The number of hydrogen-bond donors (Lipinski definition) is 1. The molecule has 1 aromatic heterocycles. The van der Waals surface area contributed by atoms with Crippen LogP contribution in [0.5, 0.6) is 11.5 Å². The molecule has 0 aliphatic carbocycles. The predicted molar refractivity (Wildman–Crippen MR) is 137 cm³/mol. The summed E-state index contributed by atoms with van der Waals surface area (Å²) < 4.78 is 45.8. The third kappa shape index (κ3) is 5.17. The van der Waals surface area contributed by atoms with Crippen molar-refractivity contribution in [2.45, 2.75) is 11.4 Å². The molecule has 0 fully saturated rings. The Morgan fingerprint density at radius 1 is 1.11 bits per heavy atom. The second-order valence-corrected chi connectivity index (χ2v) is 10.9. The Kier molecular flexibility index (Phi) is 6.63. The van der Waals surface area contributed by atoms with Gasteiger partial charge in [0.2, 0.25) is 6.79 Å². The monoisotopic (exact) mass is 559 g/mol. The third-order valence-electron chi connectivity index (χ3n) is 5.37. The summed E-state index contributed by atoms with van der Waals surface area (Å²) in [5.41, 5.74) is 0.948. The molecule has 0 radical (unpaired) electrons. The number of thiazole rings is 1. The highest BCUT2D eigenvalue weighted by Crippen LogP contribution is 2.37. The number of amides is 1. The van der Waals surface area contributed by atoms with Gasteiger partial charge < -0.3 is 18.8 Å². The summed E-state index contributed by atoms with van der Waals surface area (Å²) >= 11 is 7.03. The van der Waals surface area contributed by atoms with Crippen molar-refractivity contribution >= 4 is 60.7 Å². The molecule has 0 saturated carbocycles. The van der Waals surface area contributed by atoms with Crippen LogP contribution in [0.15, 0.2) is 70.6 Å². The fourth-order valence-corrected chi connectivity index (χ4v) is 5.80. The molecule has 0 bridgehead atoms. The zero-order valence-electron chi connectivity index (χ0n) is 19.1. The minimum absolute atomic E-state index is 0.0206. The highest BCUT2D eigenvalue weighted by Gasteiger charge is 2.20. The molecule has 37 heavy (non-hydrogen) atoms. The maximum absolute atomic E-state index is 13.1. The van der Waals surface area contributed by atoms with Gasteiger partial charge in [-0.05, 0) is 42.5 Å². The number of carbonyl (C=O) groups excluding carboxylic acids is 2. The molecule has 10 nitrogen and oxygen atoms in total. The van der Waals surface area contributed by atoms with Gasteiger partial charge in [-0.2, -0.15) is 4.99 Å². The van der Waals surface area contributed by atoms with E-state index in [9.17, 15) is 18.0 Å². The van der Waals surface area contributed by atoms with E-state index in [1.807, 2.05) is 0 Å². The molecule has 1 aliphatic heterocycles. The predicted octanol–water partition coefficient (Wildman–Crippen LogP) is 3.80. The van der Waals surface area contributed by atoms with Crippen molar-refractivity contribution in [2.24, 2.45) is 4.99 Å². The quantitative estimate of drug-likeness (QED) is 0.356. The second kappa shape index (κ2) is 9.88. The number of rotatable bonds is 6. The maximum Gasteiger partial charge on any atom is 0.325 e. The smallest absolute Gasteiger partial charge is 0.325 e.